The summed E-state index contributed by atoms with van der Waals surface area (Å²) in [4.78, 5) is 17.1. The Hall–Kier alpha value is -3.31. The fraction of sp³-hybridized carbons (Fsp3) is 0.259. The number of carbonyl (C=O) groups excluding carboxylic acids is 1. The minimum absolute atomic E-state index is 0.0646. The van der Waals surface area contributed by atoms with Crippen LogP contribution in [0.5, 0.6) is 5.75 Å². The Morgan fingerprint density at radius 3 is 2.55 bits per heavy atom. The zero-order valence-electron chi connectivity index (χ0n) is 18.8. The SMILES string of the molecule is COc1ccccc1Cn1c(CCCCCNC(=O)c2ccc(Cl)cc2)nc2ccccc21. The van der Waals surface area contributed by atoms with Crippen molar-refractivity contribution in [3.8, 4) is 5.75 Å². The fourth-order valence-corrected chi connectivity index (χ4v) is 4.11. The number of carbonyl (C=O) groups is 1. The highest BCUT2D eigenvalue weighted by Gasteiger charge is 2.13. The van der Waals surface area contributed by atoms with Crippen molar-refractivity contribution in [3.63, 3.8) is 0 Å². The monoisotopic (exact) mass is 461 g/mol. The number of unbranched alkanes of at least 4 members (excludes halogenated alkanes) is 2. The molecule has 0 bridgehead atoms. The van der Waals surface area contributed by atoms with E-state index in [1.165, 1.54) is 0 Å². The van der Waals surface area contributed by atoms with Gasteiger partial charge in [-0.05, 0) is 55.3 Å². The molecule has 1 amide bonds. The minimum Gasteiger partial charge on any atom is -0.496 e. The number of amides is 1. The third kappa shape index (κ3) is 5.74. The second-order valence-electron chi connectivity index (χ2n) is 7.99. The Bertz CT molecular complexity index is 1220. The quantitative estimate of drug-likeness (QED) is 0.299. The van der Waals surface area contributed by atoms with Gasteiger partial charge in [0.25, 0.3) is 5.91 Å². The molecule has 5 nitrogen and oxygen atoms in total. The summed E-state index contributed by atoms with van der Waals surface area (Å²) in [7, 11) is 1.71. The molecule has 170 valence electrons. The minimum atomic E-state index is -0.0646. The zero-order valence-corrected chi connectivity index (χ0v) is 19.5. The summed E-state index contributed by atoms with van der Waals surface area (Å²) < 4.78 is 7.84. The number of benzene rings is 3. The van der Waals surface area contributed by atoms with Crippen LogP contribution in [0.4, 0.5) is 0 Å². The van der Waals surface area contributed by atoms with Crippen LogP contribution in [0.15, 0.2) is 72.8 Å². The van der Waals surface area contributed by atoms with Crippen LogP contribution in [-0.4, -0.2) is 29.1 Å². The number of hydrogen-bond acceptors (Lipinski definition) is 3. The number of aryl methyl sites for hydroxylation is 1. The summed E-state index contributed by atoms with van der Waals surface area (Å²) in [5, 5.41) is 3.61. The van der Waals surface area contributed by atoms with Gasteiger partial charge in [-0.25, -0.2) is 4.98 Å². The van der Waals surface area contributed by atoms with E-state index in [1.807, 2.05) is 24.3 Å². The molecule has 0 saturated carbocycles. The van der Waals surface area contributed by atoms with E-state index in [4.69, 9.17) is 21.3 Å². The van der Waals surface area contributed by atoms with Crippen molar-refractivity contribution >= 4 is 28.5 Å². The number of para-hydroxylation sites is 3. The van der Waals surface area contributed by atoms with Gasteiger partial charge in [-0.15, -0.1) is 0 Å². The molecule has 0 atom stereocenters. The third-order valence-electron chi connectivity index (χ3n) is 5.72. The van der Waals surface area contributed by atoms with Gasteiger partial charge >= 0.3 is 0 Å². The number of nitrogens with one attached hydrogen (secondary N) is 1. The van der Waals surface area contributed by atoms with Gasteiger partial charge in [0.2, 0.25) is 0 Å². The van der Waals surface area contributed by atoms with Gasteiger partial charge < -0.3 is 14.6 Å². The number of hydrogen-bond donors (Lipinski definition) is 1. The summed E-state index contributed by atoms with van der Waals surface area (Å²) in [5.74, 6) is 1.90. The van der Waals surface area contributed by atoms with Gasteiger partial charge in [0.15, 0.2) is 0 Å². The van der Waals surface area contributed by atoms with Crippen LogP contribution in [0.25, 0.3) is 11.0 Å². The molecule has 0 radical (unpaired) electrons. The van der Waals surface area contributed by atoms with E-state index >= 15 is 0 Å². The van der Waals surface area contributed by atoms with E-state index in [1.54, 1.807) is 31.4 Å². The standard InChI is InChI=1S/C27H28ClN3O2/c1-33-25-12-7-4-9-21(25)19-31-24-11-6-5-10-23(24)30-26(31)13-3-2-8-18-29-27(32)20-14-16-22(28)17-15-20/h4-7,9-12,14-17H,2-3,8,13,18-19H2,1H3,(H,29,32). The molecule has 1 heterocycles. The van der Waals surface area contributed by atoms with Crippen molar-refractivity contribution in [1.29, 1.82) is 0 Å². The topological polar surface area (TPSA) is 56.1 Å². The van der Waals surface area contributed by atoms with Crippen LogP contribution in [0.1, 0.15) is 41.0 Å². The largest absolute Gasteiger partial charge is 0.496 e. The maximum atomic E-state index is 12.2. The Balaban J connectivity index is 1.34. The lowest BCUT2D eigenvalue weighted by Gasteiger charge is -2.12. The Labute approximate surface area is 199 Å². The van der Waals surface area contributed by atoms with Crippen molar-refractivity contribution in [2.24, 2.45) is 0 Å². The Morgan fingerprint density at radius 2 is 1.73 bits per heavy atom. The van der Waals surface area contributed by atoms with E-state index < -0.39 is 0 Å². The van der Waals surface area contributed by atoms with Crippen LogP contribution in [0.2, 0.25) is 5.02 Å². The molecule has 0 aliphatic heterocycles. The van der Waals surface area contributed by atoms with Gasteiger partial charge in [-0.3, -0.25) is 4.79 Å². The van der Waals surface area contributed by atoms with E-state index in [-0.39, 0.29) is 5.91 Å². The van der Waals surface area contributed by atoms with Gasteiger partial charge in [0.1, 0.15) is 11.6 Å². The van der Waals surface area contributed by atoms with E-state index in [0.29, 0.717) is 17.1 Å². The number of fused-ring (bicyclic) bond motifs is 1. The average Bonchev–Trinajstić information content (AvgIpc) is 3.19. The number of nitrogens with zero attached hydrogens (tertiary/aromatic N) is 2. The van der Waals surface area contributed by atoms with Crippen LogP contribution < -0.4 is 10.1 Å². The molecule has 0 aliphatic rings. The first-order valence-corrected chi connectivity index (χ1v) is 11.6. The highest BCUT2D eigenvalue weighted by molar-refractivity contribution is 6.30. The summed E-state index contributed by atoms with van der Waals surface area (Å²) >= 11 is 5.88. The number of aromatic nitrogens is 2. The van der Waals surface area contributed by atoms with Crippen LogP contribution in [0, 0.1) is 0 Å². The molecular formula is C27H28ClN3O2. The molecule has 4 aromatic rings. The summed E-state index contributed by atoms with van der Waals surface area (Å²) in [6.45, 7) is 1.37. The number of methoxy groups -OCH3 is 1. The number of rotatable bonds is 10. The Kier molecular flexibility index (Phi) is 7.63. The van der Waals surface area contributed by atoms with Gasteiger partial charge in [0, 0.05) is 29.1 Å². The summed E-state index contributed by atoms with van der Waals surface area (Å²) in [6, 6.07) is 23.3. The maximum absolute atomic E-state index is 12.2. The third-order valence-corrected chi connectivity index (χ3v) is 5.98. The van der Waals surface area contributed by atoms with Gasteiger partial charge in [0.05, 0.1) is 24.7 Å². The average molecular weight is 462 g/mol. The molecule has 0 saturated heterocycles. The molecule has 1 N–H and O–H groups in total. The molecule has 4 rings (SSSR count). The molecule has 0 unspecified atom stereocenters. The molecule has 3 aromatic carbocycles. The number of imidazole rings is 1. The van der Waals surface area contributed by atoms with E-state index in [0.717, 1.165) is 60.4 Å². The number of halogens is 1. The van der Waals surface area contributed by atoms with Crippen LogP contribution in [0.3, 0.4) is 0 Å². The van der Waals surface area contributed by atoms with E-state index in [2.05, 4.69) is 34.1 Å². The maximum Gasteiger partial charge on any atom is 0.251 e. The molecule has 1 aromatic heterocycles. The van der Waals surface area contributed by atoms with E-state index in [9.17, 15) is 4.79 Å². The molecule has 6 heteroatoms. The van der Waals surface area contributed by atoms with Gasteiger partial charge in [-0.2, -0.15) is 0 Å². The molecule has 0 spiro atoms. The summed E-state index contributed by atoms with van der Waals surface area (Å²) in [5.41, 5.74) is 3.91. The van der Waals surface area contributed by atoms with Crippen molar-refractivity contribution in [3.05, 3.63) is 94.8 Å². The van der Waals surface area contributed by atoms with Crippen molar-refractivity contribution in [2.75, 3.05) is 13.7 Å². The first-order chi connectivity index (χ1) is 16.2. The van der Waals surface area contributed by atoms with Gasteiger partial charge in [-0.1, -0.05) is 48.4 Å². The first-order valence-electron chi connectivity index (χ1n) is 11.3. The second-order valence-corrected chi connectivity index (χ2v) is 8.42. The zero-order chi connectivity index (χ0) is 23.0. The van der Waals surface area contributed by atoms with Crippen molar-refractivity contribution < 1.29 is 9.53 Å². The molecule has 33 heavy (non-hydrogen) atoms. The first kappa shape index (κ1) is 22.9. The molecule has 0 fully saturated rings. The van der Waals surface area contributed by atoms with Crippen LogP contribution >= 0.6 is 11.6 Å². The second kappa shape index (κ2) is 11.0. The lowest BCUT2D eigenvalue weighted by Crippen LogP contribution is -2.24. The van der Waals surface area contributed by atoms with Crippen molar-refractivity contribution in [2.45, 2.75) is 32.2 Å². The highest BCUT2D eigenvalue weighted by Crippen LogP contribution is 2.24. The van der Waals surface area contributed by atoms with Crippen molar-refractivity contribution in [1.82, 2.24) is 14.9 Å². The molecule has 0 aliphatic carbocycles. The molecular weight excluding hydrogens is 434 g/mol. The normalized spacial score (nSPS) is 11.0. The number of ether oxygens (including phenoxy) is 1. The predicted molar refractivity (Wildman–Crippen MR) is 133 cm³/mol. The lowest BCUT2D eigenvalue weighted by molar-refractivity contribution is 0.0953. The lowest BCUT2D eigenvalue weighted by atomic mass is 10.1. The fourth-order valence-electron chi connectivity index (χ4n) is 3.99. The predicted octanol–water partition coefficient (Wildman–Crippen LogP) is 5.89. The Morgan fingerprint density at radius 1 is 0.970 bits per heavy atom. The highest BCUT2D eigenvalue weighted by atomic mass is 35.5. The summed E-state index contributed by atoms with van der Waals surface area (Å²) in [6.07, 6.45) is 3.83. The van der Waals surface area contributed by atoms with Crippen LogP contribution in [-0.2, 0) is 13.0 Å². The smallest absolute Gasteiger partial charge is 0.251 e.